The molecule has 0 unspecified atom stereocenters. The van der Waals surface area contributed by atoms with Crippen molar-refractivity contribution in [1.82, 2.24) is 4.98 Å². The van der Waals surface area contributed by atoms with Crippen molar-refractivity contribution in [3.8, 4) is 0 Å². The molecule has 3 N–H and O–H groups in total. The average molecular weight is 284 g/mol. The van der Waals surface area contributed by atoms with Gasteiger partial charge in [0.15, 0.2) is 0 Å². The van der Waals surface area contributed by atoms with Gasteiger partial charge in [0, 0.05) is 0 Å². The van der Waals surface area contributed by atoms with Crippen LogP contribution in [0.25, 0.3) is 0 Å². The van der Waals surface area contributed by atoms with E-state index in [2.05, 4.69) is 10.3 Å². The molecule has 0 amide bonds. The van der Waals surface area contributed by atoms with Gasteiger partial charge in [-0.05, 0) is 18.1 Å². The molecule has 2 heterocycles. The van der Waals surface area contributed by atoms with Gasteiger partial charge in [0.25, 0.3) is 0 Å². The van der Waals surface area contributed by atoms with Crippen LogP contribution in [0.15, 0.2) is 18.2 Å². The fraction of sp³-hybridized carbons (Fsp3) is 0.643. The monoisotopic (exact) mass is 284 g/mol. The van der Waals surface area contributed by atoms with Crippen molar-refractivity contribution in [3.05, 3.63) is 23.9 Å². The van der Waals surface area contributed by atoms with E-state index in [0.29, 0.717) is 11.5 Å². The van der Waals surface area contributed by atoms with Crippen molar-refractivity contribution in [3.63, 3.8) is 0 Å². The molecule has 6 heteroatoms. The first kappa shape index (κ1) is 15.2. The molecule has 1 aliphatic heterocycles. The van der Waals surface area contributed by atoms with Crippen LogP contribution in [0, 0.1) is 5.92 Å². The number of alkyl halides is 1. The number of aromatic nitrogens is 1. The standard InChI is InChI=1S/C14H21FN2O3/c1-8(2)14-13(19)12(18)10(7-20-14)17-11-5-3-4-9(6-15)16-11/h3-5,8,10,12-14,18-19H,6-7H2,1-2H3,(H,16,17)/t10-,12+,13+,14+/m0/s1. The Morgan fingerprint density at radius 2 is 2.15 bits per heavy atom. The molecule has 0 spiro atoms. The first-order valence-corrected chi connectivity index (χ1v) is 6.79. The Balaban J connectivity index is 2.03. The maximum absolute atomic E-state index is 12.6. The second kappa shape index (κ2) is 6.47. The number of nitrogens with one attached hydrogen (secondary N) is 1. The fourth-order valence-electron chi connectivity index (χ4n) is 2.38. The largest absolute Gasteiger partial charge is 0.388 e. The molecule has 20 heavy (non-hydrogen) atoms. The maximum atomic E-state index is 12.6. The van der Waals surface area contributed by atoms with Crippen LogP contribution < -0.4 is 5.32 Å². The summed E-state index contributed by atoms with van der Waals surface area (Å²) in [6.07, 6.45) is -2.29. The fourth-order valence-corrected chi connectivity index (χ4v) is 2.38. The van der Waals surface area contributed by atoms with Crippen LogP contribution >= 0.6 is 0 Å². The van der Waals surface area contributed by atoms with Gasteiger partial charge in [-0.1, -0.05) is 19.9 Å². The van der Waals surface area contributed by atoms with Crippen LogP contribution in [-0.4, -0.2) is 46.2 Å². The summed E-state index contributed by atoms with van der Waals surface area (Å²) in [5, 5.41) is 23.2. The number of ether oxygens (including phenoxy) is 1. The minimum atomic E-state index is -0.953. The highest BCUT2D eigenvalue weighted by Gasteiger charge is 2.39. The highest BCUT2D eigenvalue weighted by Crippen LogP contribution is 2.23. The smallest absolute Gasteiger partial charge is 0.132 e. The zero-order valence-electron chi connectivity index (χ0n) is 11.7. The predicted octanol–water partition coefficient (Wildman–Crippen LogP) is 1.11. The molecule has 4 atom stereocenters. The molecule has 0 bridgehead atoms. The van der Waals surface area contributed by atoms with Crippen molar-refractivity contribution in [1.29, 1.82) is 0 Å². The number of hydrogen-bond donors (Lipinski definition) is 3. The van der Waals surface area contributed by atoms with Crippen molar-refractivity contribution in [2.75, 3.05) is 11.9 Å². The van der Waals surface area contributed by atoms with Gasteiger partial charge in [0.2, 0.25) is 0 Å². The zero-order chi connectivity index (χ0) is 14.7. The molecular formula is C14H21FN2O3. The first-order chi connectivity index (χ1) is 9.52. The SMILES string of the molecule is CC(C)[C@H]1OC[C@H](Nc2cccc(CF)n2)[C@@H](O)[C@H]1O. The van der Waals surface area contributed by atoms with Gasteiger partial charge in [-0.2, -0.15) is 0 Å². The molecule has 1 aromatic rings. The molecule has 0 saturated carbocycles. The van der Waals surface area contributed by atoms with Crippen LogP contribution in [0.5, 0.6) is 0 Å². The summed E-state index contributed by atoms with van der Waals surface area (Å²) < 4.78 is 18.1. The number of aliphatic hydroxyl groups is 2. The second-order valence-corrected chi connectivity index (χ2v) is 5.42. The minimum Gasteiger partial charge on any atom is -0.388 e. The maximum Gasteiger partial charge on any atom is 0.132 e. The van der Waals surface area contributed by atoms with Gasteiger partial charge in [-0.15, -0.1) is 0 Å². The van der Waals surface area contributed by atoms with E-state index < -0.39 is 24.9 Å². The van der Waals surface area contributed by atoms with E-state index in [0.717, 1.165) is 0 Å². The Hall–Kier alpha value is -1.24. The van der Waals surface area contributed by atoms with Crippen LogP contribution in [0.4, 0.5) is 10.2 Å². The Kier molecular flexibility index (Phi) is 4.91. The third kappa shape index (κ3) is 3.26. The van der Waals surface area contributed by atoms with Crippen LogP contribution in [0.3, 0.4) is 0 Å². The van der Waals surface area contributed by atoms with Gasteiger partial charge in [0.05, 0.1) is 24.4 Å². The van der Waals surface area contributed by atoms with Gasteiger partial charge in [-0.25, -0.2) is 9.37 Å². The summed E-state index contributed by atoms with van der Waals surface area (Å²) in [7, 11) is 0. The normalized spacial score (nSPS) is 30.5. The van der Waals surface area contributed by atoms with Crippen molar-refractivity contribution in [2.45, 2.75) is 44.9 Å². The highest BCUT2D eigenvalue weighted by atomic mass is 19.1. The summed E-state index contributed by atoms with van der Waals surface area (Å²) >= 11 is 0. The Bertz CT molecular complexity index is 444. The van der Waals surface area contributed by atoms with Gasteiger partial charge in [0.1, 0.15) is 24.7 Å². The second-order valence-electron chi connectivity index (χ2n) is 5.42. The van der Waals surface area contributed by atoms with Crippen molar-refractivity contribution >= 4 is 5.82 Å². The van der Waals surface area contributed by atoms with E-state index in [-0.39, 0.29) is 18.6 Å². The van der Waals surface area contributed by atoms with E-state index in [1.165, 1.54) is 0 Å². The number of nitrogens with zero attached hydrogens (tertiary/aromatic N) is 1. The molecule has 112 valence electrons. The molecular weight excluding hydrogens is 263 g/mol. The first-order valence-electron chi connectivity index (χ1n) is 6.79. The lowest BCUT2D eigenvalue weighted by atomic mass is 9.91. The molecule has 1 aromatic heterocycles. The zero-order valence-corrected chi connectivity index (χ0v) is 11.7. The van der Waals surface area contributed by atoms with Gasteiger partial charge in [-0.3, -0.25) is 0 Å². The Morgan fingerprint density at radius 3 is 2.80 bits per heavy atom. The number of pyridine rings is 1. The summed E-state index contributed by atoms with van der Waals surface area (Å²) in [6, 6.07) is 4.49. The van der Waals surface area contributed by atoms with E-state index in [9.17, 15) is 14.6 Å². The Labute approximate surface area is 117 Å². The minimum absolute atomic E-state index is 0.119. The van der Waals surface area contributed by atoms with Crippen molar-refractivity contribution < 1.29 is 19.3 Å². The highest BCUT2D eigenvalue weighted by molar-refractivity contribution is 5.37. The lowest BCUT2D eigenvalue weighted by molar-refractivity contribution is -0.154. The van der Waals surface area contributed by atoms with E-state index >= 15 is 0 Å². The van der Waals surface area contributed by atoms with E-state index in [1.807, 2.05) is 13.8 Å². The molecule has 1 saturated heterocycles. The van der Waals surface area contributed by atoms with Crippen LogP contribution in [0.1, 0.15) is 19.5 Å². The molecule has 0 aromatic carbocycles. The quantitative estimate of drug-likeness (QED) is 0.772. The van der Waals surface area contributed by atoms with Gasteiger partial charge < -0.3 is 20.3 Å². The molecule has 0 aliphatic carbocycles. The Morgan fingerprint density at radius 1 is 1.40 bits per heavy atom. The lowest BCUT2D eigenvalue weighted by Crippen LogP contribution is -2.57. The number of anilines is 1. The van der Waals surface area contributed by atoms with Crippen molar-refractivity contribution in [2.24, 2.45) is 5.92 Å². The summed E-state index contributed by atoms with van der Waals surface area (Å²) in [5.74, 6) is 0.580. The molecule has 1 fully saturated rings. The van der Waals surface area contributed by atoms with E-state index in [4.69, 9.17) is 4.74 Å². The van der Waals surface area contributed by atoms with E-state index in [1.54, 1.807) is 18.2 Å². The van der Waals surface area contributed by atoms with Crippen LogP contribution in [0.2, 0.25) is 0 Å². The third-order valence-corrected chi connectivity index (χ3v) is 3.50. The predicted molar refractivity (Wildman–Crippen MR) is 73.1 cm³/mol. The average Bonchev–Trinajstić information content (AvgIpc) is 2.44. The van der Waals surface area contributed by atoms with Crippen LogP contribution in [-0.2, 0) is 11.4 Å². The summed E-state index contributed by atoms with van der Waals surface area (Å²) in [5.41, 5.74) is 0.321. The summed E-state index contributed by atoms with van der Waals surface area (Å²) in [6.45, 7) is 3.49. The van der Waals surface area contributed by atoms with Gasteiger partial charge >= 0.3 is 0 Å². The molecule has 2 rings (SSSR count). The third-order valence-electron chi connectivity index (χ3n) is 3.50. The molecule has 0 radical (unpaired) electrons. The summed E-state index contributed by atoms with van der Waals surface area (Å²) in [4.78, 5) is 4.06. The number of hydrogen-bond acceptors (Lipinski definition) is 5. The number of rotatable bonds is 4. The lowest BCUT2D eigenvalue weighted by Gasteiger charge is -2.39. The number of halogens is 1. The molecule has 5 nitrogen and oxygen atoms in total. The molecule has 1 aliphatic rings. The topological polar surface area (TPSA) is 74.6 Å². The number of aliphatic hydroxyl groups excluding tert-OH is 2.